The van der Waals surface area contributed by atoms with Gasteiger partial charge in [-0.3, -0.25) is 10.1 Å². The number of phenols is 1. The predicted molar refractivity (Wildman–Crippen MR) is 172 cm³/mol. The molecule has 11 heteroatoms. The Kier molecular flexibility index (Phi) is 8.54. The van der Waals surface area contributed by atoms with Gasteiger partial charge in [0.25, 0.3) is 0 Å². The fraction of sp³-hybridized carbons (Fsp3) is 0.176. The van der Waals surface area contributed by atoms with Crippen molar-refractivity contribution in [1.29, 1.82) is 0 Å². The number of anilines is 1. The number of hydrogen-bond donors (Lipinski definition) is 6. The first-order valence-electron chi connectivity index (χ1n) is 14.6. The van der Waals surface area contributed by atoms with E-state index in [0.717, 1.165) is 46.1 Å². The maximum Gasteiger partial charge on any atom is 0.409 e. The van der Waals surface area contributed by atoms with Gasteiger partial charge in [-0.2, -0.15) is 0 Å². The number of fused-ring (bicyclic) bond motifs is 2. The predicted octanol–water partition coefficient (Wildman–Crippen LogP) is 5.19. The number of aromatic hydroxyl groups is 1. The van der Waals surface area contributed by atoms with E-state index in [0.29, 0.717) is 35.2 Å². The second kappa shape index (κ2) is 13.0. The van der Waals surface area contributed by atoms with Gasteiger partial charge >= 0.3 is 6.09 Å². The molecule has 0 radical (unpaired) electrons. The topological polar surface area (TPSA) is 165 Å². The molecule has 0 saturated heterocycles. The van der Waals surface area contributed by atoms with E-state index in [-0.39, 0.29) is 17.9 Å². The smallest absolute Gasteiger partial charge is 0.409 e. The highest BCUT2D eigenvalue weighted by molar-refractivity contribution is 5.91. The molecular formula is C34H32N6O5. The summed E-state index contributed by atoms with van der Waals surface area (Å²) in [5.74, 6) is -0.0485. The number of aryl methyl sites for hydroxylation is 2. The molecule has 0 aliphatic rings. The fourth-order valence-corrected chi connectivity index (χ4v) is 5.57. The third kappa shape index (κ3) is 6.69. The van der Waals surface area contributed by atoms with E-state index >= 15 is 0 Å². The molecule has 4 aromatic carbocycles. The summed E-state index contributed by atoms with van der Waals surface area (Å²) in [6.07, 6.45) is -0.430. The Balaban J connectivity index is 1.06. The average Bonchev–Trinajstić information content (AvgIpc) is 3.44. The zero-order valence-corrected chi connectivity index (χ0v) is 24.3. The number of hydrogen-bond acceptors (Lipinski definition) is 7. The van der Waals surface area contributed by atoms with Crippen LogP contribution in [-0.4, -0.2) is 47.9 Å². The minimum Gasteiger partial charge on any atom is -0.506 e. The molecule has 0 aliphatic carbocycles. The van der Waals surface area contributed by atoms with Crippen LogP contribution in [0, 0.1) is 0 Å². The number of carboxylic acid groups (broad SMARTS) is 1. The highest BCUT2D eigenvalue weighted by Gasteiger charge is 2.15. The lowest BCUT2D eigenvalue weighted by atomic mass is 9.99. The first-order valence-corrected chi connectivity index (χ1v) is 14.6. The fourth-order valence-electron chi connectivity index (χ4n) is 5.57. The molecular weight excluding hydrogens is 572 g/mol. The van der Waals surface area contributed by atoms with Crippen LogP contribution in [0.2, 0.25) is 0 Å². The Bertz CT molecular complexity index is 2040. The number of nitrogens with one attached hydrogen (secondary N) is 3. The number of rotatable bonds is 11. The van der Waals surface area contributed by atoms with E-state index < -0.39 is 12.2 Å². The van der Waals surface area contributed by atoms with Crippen LogP contribution in [0.5, 0.6) is 5.75 Å². The Hall–Kier alpha value is -5.52. The van der Waals surface area contributed by atoms with Crippen LogP contribution in [0.1, 0.15) is 29.2 Å². The van der Waals surface area contributed by atoms with Crippen molar-refractivity contribution in [3.8, 4) is 16.9 Å². The van der Waals surface area contributed by atoms with Crippen LogP contribution in [0.25, 0.3) is 33.1 Å². The number of nitrogens with zero attached hydrogens (tertiary/aromatic N) is 3. The molecule has 0 unspecified atom stereocenters. The van der Waals surface area contributed by atoms with Crippen LogP contribution in [0.3, 0.4) is 0 Å². The SMILES string of the molecule is O=C(O)Nc1cc(CCCn2nnc3cc(CNC[C@H](O)c4ccc(O)c5[nH]c(=O)ccc45)ccc32)ccc1-c1ccccc1. The number of aliphatic hydroxyl groups is 1. The maximum absolute atomic E-state index is 11.7. The molecule has 2 aromatic heterocycles. The van der Waals surface area contributed by atoms with Crippen molar-refractivity contribution in [2.75, 3.05) is 11.9 Å². The highest BCUT2D eigenvalue weighted by Crippen LogP contribution is 2.30. The zero-order valence-electron chi connectivity index (χ0n) is 24.3. The van der Waals surface area contributed by atoms with E-state index in [9.17, 15) is 24.9 Å². The van der Waals surface area contributed by atoms with Crippen LogP contribution >= 0.6 is 0 Å². The molecule has 6 aromatic rings. The molecule has 1 amide bonds. The van der Waals surface area contributed by atoms with Crippen LogP contribution in [-0.2, 0) is 19.5 Å². The standard InChI is InChI=1S/C34H32N6O5/c41-30-14-11-25(26-12-15-32(43)37-33(26)30)31(42)20-35-19-22-9-13-29-28(18-22)38-39-40(29)16-4-5-21-8-10-24(23-6-2-1-3-7-23)27(17-21)36-34(44)45/h1-3,6-15,17-18,31,35-36,41-42H,4-5,16,19-20H2,(H,37,43)(H,44,45)/t31-/m0/s1. The number of amides is 1. The van der Waals surface area contributed by atoms with Crippen molar-refractivity contribution in [2.45, 2.75) is 32.0 Å². The van der Waals surface area contributed by atoms with Gasteiger partial charge in [-0.1, -0.05) is 59.8 Å². The summed E-state index contributed by atoms with van der Waals surface area (Å²) >= 11 is 0. The molecule has 0 spiro atoms. The molecule has 11 nitrogen and oxygen atoms in total. The summed E-state index contributed by atoms with van der Waals surface area (Å²) in [5, 5.41) is 45.3. The first-order chi connectivity index (χ1) is 21.9. The van der Waals surface area contributed by atoms with Crippen LogP contribution < -0.4 is 16.2 Å². The van der Waals surface area contributed by atoms with Gasteiger partial charge in [0, 0.05) is 36.7 Å². The van der Waals surface area contributed by atoms with Gasteiger partial charge in [-0.25, -0.2) is 9.48 Å². The molecule has 228 valence electrons. The lowest BCUT2D eigenvalue weighted by molar-refractivity contribution is 0.176. The maximum atomic E-state index is 11.7. The molecule has 1 atom stereocenters. The van der Waals surface area contributed by atoms with Crippen molar-refractivity contribution >= 4 is 33.7 Å². The molecule has 0 bridgehead atoms. The summed E-state index contributed by atoms with van der Waals surface area (Å²) < 4.78 is 1.87. The molecule has 6 N–H and O–H groups in total. The van der Waals surface area contributed by atoms with Gasteiger partial charge in [-0.05, 0) is 65.4 Å². The van der Waals surface area contributed by atoms with Crippen LogP contribution in [0.4, 0.5) is 10.5 Å². The van der Waals surface area contributed by atoms with E-state index in [1.807, 2.05) is 71.4 Å². The Labute approximate surface area is 257 Å². The number of aromatic nitrogens is 4. The summed E-state index contributed by atoms with van der Waals surface area (Å²) in [7, 11) is 0. The summed E-state index contributed by atoms with van der Waals surface area (Å²) in [5.41, 5.74) is 6.59. The van der Waals surface area contributed by atoms with Crippen molar-refractivity contribution in [3.05, 3.63) is 118 Å². The molecule has 0 aliphatic heterocycles. The largest absolute Gasteiger partial charge is 0.506 e. The highest BCUT2D eigenvalue weighted by atomic mass is 16.4. The average molecular weight is 605 g/mol. The zero-order chi connectivity index (χ0) is 31.3. The van der Waals surface area contributed by atoms with E-state index in [2.05, 4.69) is 25.9 Å². The molecule has 0 saturated carbocycles. The van der Waals surface area contributed by atoms with Gasteiger partial charge in [-0.15, -0.1) is 5.10 Å². The van der Waals surface area contributed by atoms with E-state index in [1.54, 1.807) is 12.1 Å². The number of H-pyrrole nitrogens is 1. The monoisotopic (exact) mass is 604 g/mol. The number of benzene rings is 4. The van der Waals surface area contributed by atoms with Gasteiger partial charge < -0.3 is 25.6 Å². The summed E-state index contributed by atoms with van der Waals surface area (Å²) in [6.45, 7) is 1.41. The third-order valence-corrected chi connectivity index (χ3v) is 7.76. The van der Waals surface area contributed by atoms with Crippen molar-refractivity contribution in [3.63, 3.8) is 0 Å². The normalized spacial score (nSPS) is 12.0. The lowest BCUT2D eigenvalue weighted by Crippen LogP contribution is -2.21. The minimum absolute atomic E-state index is 0.0485. The lowest BCUT2D eigenvalue weighted by Gasteiger charge is -2.15. The molecule has 45 heavy (non-hydrogen) atoms. The first kappa shape index (κ1) is 29.5. The van der Waals surface area contributed by atoms with Crippen LogP contribution in [0.15, 0.2) is 95.8 Å². The van der Waals surface area contributed by atoms with Crippen molar-refractivity contribution in [1.82, 2.24) is 25.3 Å². The van der Waals surface area contributed by atoms with E-state index in [1.165, 1.54) is 12.1 Å². The summed E-state index contributed by atoms with van der Waals surface area (Å²) in [4.78, 5) is 25.7. The number of carbonyl (C=O) groups is 1. The number of aromatic amines is 1. The Morgan fingerprint density at radius 1 is 0.956 bits per heavy atom. The van der Waals surface area contributed by atoms with Gasteiger partial charge in [0.1, 0.15) is 11.3 Å². The number of aliphatic hydroxyl groups excluding tert-OH is 1. The quantitative estimate of drug-likeness (QED) is 0.118. The number of pyridine rings is 1. The number of phenolic OH excluding ortho intramolecular Hbond substituents is 1. The van der Waals surface area contributed by atoms with Crippen molar-refractivity contribution in [2.24, 2.45) is 0 Å². The molecule has 0 fully saturated rings. The third-order valence-electron chi connectivity index (χ3n) is 7.76. The van der Waals surface area contributed by atoms with Crippen molar-refractivity contribution < 1.29 is 20.1 Å². The van der Waals surface area contributed by atoms with Gasteiger partial charge in [0.05, 0.1) is 22.8 Å². The second-order valence-corrected chi connectivity index (χ2v) is 10.8. The Morgan fingerprint density at radius 3 is 2.60 bits per heavy atom. The Morgan fingerprint density at radius 2 is 1.78 bits per heavy atom. The van der Waals surface area contributed by atoms with E-state index in [4.69, 9.17) is 0 Å². The van der Waals surface area contributed by atoms with Gasteiger partial charge in [0.15, 0.2) is 0 Å². The molecule has 2 heterocycles. The second-order valence-electron chi connectivity index (χ2n) is 10.8. The van der Waals surface area contributed by atoms with Gasteiger partial charge in [0.2, 0.25) is 5.56 Å². The molecule has 6 rings (SSSR count). The summed E-state index contributed by atoms with van der Waals surface area (Å²) in [6, 6.07) is 27.5. The minimum atomic E-state index is -1.10.